The molecule has 3 nitrogen and oxygen atoms in total. The van der Waals surface area contributed by atoms with Gasteiger partial charge in [-0.1, -0.05) is 6.42 Å². The maximum Gasteiger partial charge on any atom is 0.307 e. The minimum atomic E-state index is -0.197. The van der Waals surface area contributed by atoms with Gasteiger partial charge in [0.05, 0.1) is 6.42 Å². The fourth-order valence-electron chi connectivity index (χ4n) is 1.53. The van der Waals surface area contributed by atoms with Crippen molar-refractivity contribution in [2.45, 2.75) is 44.6 Å². The molecule has 0 aromatic carbocycles. The van der Waals surface area contributed by atoms with Crippen molar-refractivity contribution in [3.8, 4) is 0 Å². The van der Waals surface area contributed by atoms with Crippen LogP contribution in [0.5, 0.6) is 0 Å². The molecule has 1 N–H and O–H groups in total. The zero-order chi connectivity index (χ0) is 8.81. The smallest absolute Gasteiger partial charge is 0.307 e. The van der Waals surface area contributed by atoms with Crippen molar-refractivity contribution in [1.82, 2.24) is 5.73 Å². The zero-order valence-electron chi connectivity index (χ0n) is 7.34. The second-order valence-corrected chi connectivity index (χ2v) is 3.25. The number of hydrogen-bond donors (Lipinski definition) is 0. The quantitative estimate of drug-likeness (QED) is 0.603. The van der Waals surface area contributed by atoms with E-state index in [1.54, 1.807) is 0 Å². The second kappa shape index (κ2) is 5.14. The molecular formula is C9H16NO2. The maximum absolute atomic E-state index is 11.0. The van der Waals surface area contributed by atoms with Gasteiger partial charge in [0.25, 0.3) is 0 Å². The van der Waals surface area contributed by atoms with Crippen LogP contribution in [-0.2, 0) is 9.53 Å². The van der Waals surface area contributed by atoms with Crippen molar-refractivity contribution >= 4 is 5.97 Å². The first-order chi connectivity index (χ1) is 5.83. The molecule has 0 atom stereocenters. The van der Waals surface area contributed by atoms with Crippen molar-refractivity contribution in [1.29, 1.82) is 0 Å². The standard InChI is InChI=1S/C9H16NO2/c10-7-6-9(11)12-8-4-2-1-3-5-8/h8,10H,1-7H2. The molecule has 69 valence electrons. The highest BCUT2D eigenvalue weighted by Gasteiger charge is 2.16. The molecule has 12 heavy (non-hydrogen) atoms. The average molecular weight is 170 g/mol. The van der Waals surface area contributed by atoms with Crippen LogP contribution in [0.25, 0.3) is 0 Å². The highest BCUT2D eigenvalue weighted by molar-refractivity contribution is 5.69. The summed E-state index contributed by atoms with van der Waals surface area (Å²) in [5.74, 6) is -0.197. The Labute approximate surface area is 73.3 Å². The van der Waals surface area contributed by atoms with E-state index >= 15 is 0 Å². The molecule has 0 unspecified atom stereocenters. The van der Waals surface area contributed by atoms with Gasteiger partial charge in [-0.15, -0.1) is 0 Å². The van der Waals surface area contributed by atoms with E-state index in [2.05, 4.69) is 0 Å². The molecule has 0 saturated heterocycles. The minimum Gasteiger partial charge on any atom is -0.462 e. The number of rotatable bonds is 3. The average Bonchev–Trinajstić information content (AvgIpc) is 2.06. The topological polar surface area (TPSA) is 50.1 Å². The molecule has 0 heterocycles. The van der Waals surface area contributed by atoms with E-state index < -0.39 is 0 Å². The lowest BCUT2D eigenvalue weighted by atomic mass is 9.98. The maximum atomic E-state index is 11.0. The molecule has 0 aromatic heterocycles. The number of hydrogen-bond acceptors (Lipinski definition) is 2. The summed E-state index contributed by atoms with van der Waals surface area (Å²) in [4.78, 5) is 11.0. The fraction of sp³-hybridized carbons (Fsp3) is 0.889. The summed E-state index contributed by atoms with van der Waals surface area (Å²) in [7, 11) is 0. The molecule has 0 aromatic rings. The van der Waals surface area contributed by atoms with Gasteiger partial charge in [-0.2, -0.15) is 0 Å². The molecule has 0 bridgehead atoms. The lowest BCUT2D eigenvalue weighted by Gasteiger charge is -2.21. The molecule has 0 spiro atoms. The molecular weight excluding hydrogens is 154 g/mol. The third-order valence-electron chi connectivity index (χ3n) is 2.18. The van der Waals surface area contributed by atoms with Gasteiger partial charge in [0.15, 0.2) is 0 Å². The molecule has 1 aliphatic rings. The van der Waals surface area contributed by atoms with Gasteiger partial charge >= 0.3 is 5.97 Å². The number of ether oxygens (including phenoxy) is 1. The highest BCUT2D eigenvalue weighted by Crippen LogP contribution is 2.20. The highest BCUT2D eigenvalue weighted by atomic mass is 16.5. The summed E-state index contributed by atoms with van der Waals surface area (Å²) in [5, 5.41) is 0. The fourth-order valence-corrected chi connectivity index (χ4v) is 1.53. The lowest BCUT2D eigenvalue weighted by Crippen LogP contribution is -2.21. The molecule has 1 radical (unpaired) electrons. The Balaban J connectivity index is 2.15. The third kappa shape index (κ3) is 3.22. The zero-order valence-corrected chi connectivity index (χ0v) is 7.34. The Hall–Kier alpha value is -0.570. The third-order valence-corrected chi connectivity index (χ3v) is 2.18. The van der Waals surface area contributed by atoms with Gasteiger partial charge in [-0.3, -0.25) is 10.5 Å². The first-order valence-corrected chi connectivity index (χ1v) is 4.67. The Bertz CT molecular complexity index is 141. The van der Waals surface area contributed by atoms with E-state index in [1.165, 1.54) is 19.3 Å². The van der Waals surface area contributed by atoms with Gasteiger partial charge in [0, 0.05) is 6.54 Å². The van der Waals surface area contributed by atoms with Crippen molar-refractivity contribution in [3.63, 3.8) is 0 Å². The van der Waals surface area contributed by atoms with E-state index in [1.807, 2.05) is 0 Å². The van der Waals surface area contributed by atoms with Crippen LogP contribution >= 0.6 is 0 Å². The van der Waals surface area contributed by atoms with Crippen LogP contribution in [-0.4, -0.2) is 18.6 Å². The number of carbonyl (C=O) groups is 1. The van der Waals surface area contributed by atoms with E-state index in [0.717, 1.165) is 12.8 Å². The largest absolute Gasteiger partial charge is 0.462 e. The number of nitrogens with one attached hydrogen (secondary N) is 1. The molecule has 0 amide bonds. The van der Waals surface area contributed by atoms with Crippen LogP contribution < -0.4 is 5.73 Å². The molecule has 1 aliphatic carbocycles. The van der Waals surface area contributed by atoms with Crippen molar-refractivity contribution in [2.75, 3.05) is 6.54 Å². The van der Waals surface area contributed by atoms with E-state index in [9.17, 15) is 4.79 Å². The monoisotopic (exact) mass is 170 g/mol. The summed E-state index contributed by atoms with van der Waals surface area (Å²) in [6, 6.07) is 0. The first-order valence-electron chi connectivity index (χ1n) is 4.67. The van der Waals surface area contributed by atoms with Crippen LogP contribution in [0.3, 0.4) is 0 Å². The van der Waals surface area contributed by atoms with Gasteiger partial charge in [-0.25, -0.2) is 0 Å². The molecule has 3 heteroatoms. The van der Waals surface area contributed by atoms with Crippen LogP contribution in [0.15, 0.2) is 0 Å². The van der Waals surface area contributed by atoms with Gasteiger partial charge in [0.1, 0.15) is 6.10 Å². The van der Waals surface area contributed by atoms with E-state index in [4.69, 9.17) is 10.5 Å². The Morgan fingerprint density at radius 1 is 1.33 bits per heavy atom. The Morgan fingerprint density at radius 2 is 2.00 bits per heavy atom. The second-order valence-electron chi connectivity index (χ2n) is 3.25. The Morgan fingerprint density at radius 3 is 2.58 bits per heavy atom. The number of carbonyl (C=O) groups excluding carboxylic acids is 1. The van der Waals surface area contributed by atoms with Crippen LogP contribution in [0.4, 0.5) is 0 Å². The normalized spacial score (nSPS) is 19.1. The Kier molecular flexibility index (Phi) is 4.08. The summed E-state index contributed by atoms with van der Waals surface area (Å²) >= 11 is 0. The van der Waals surface area contributed by atoms with E-state index in [-0.39, 0.29) is 25.0 Å². The van der Waals surface area contributed by atoms with Crippen LogP contribution in [0.2, 0.25) is 0 Å². The first kappa shape index (κ1) is 9.52. The van der Waals surface area contributed by atoms with Gasteiger partial charge in [-0.05, 0) is 25.7 Å². The minimum absolute atomic E-state index is 0.144. The molecule has 1 rings (SSSR count). The SMILES string of the molecule is [NH]CCC(=O)OC1CCCCC1. The predicted octanol–water partition coefficient (Wildman–Crippen LogP) is 1.54. The number of esters is 1. The van der Waals surface area contributed by atoms with Crippen molar-refractivity contribution < 1.29 is 9.53 Å². The van der Waals surface area contributed by atoms with E-state index in [0.29, 0.717) is 0 Å². The lowest BCUT2D eigenvalue weighted by molar-refractivity contribution is -0.150. The molecule has 1 saturated carbocycles. The summed E-state index contributed by atoms with van der Waals surface area (Å²) < 4.78 is 5.17. The summed E-state index contributed by atoms with van der Waals surface area (Å²) in [5.41, 5.74) is 6.85. The predicted molar refractivity (Wildman–Crippen MR) is 45.5 cm³/mol. The van der Waals surface area contributed by atoms with Gasteiger partial charge in [0.2, 0.25) is 0 Å². The summed E-state index contributed by atoms with van der Waals surface area (Å²) in [6.07, 6.45) is 6.06. The summed E-state index contributed by atoms with van der Waals surface area (Å²) in [6.45, 7) is 0.144. The van der Waals surface area contributed by atoms with Crippen LogP contribution in [0, 0.1) is 0 Å². The molecule has 0 aliphatic heterocycles. The van der Waals surface area contributed by atoms with Gasteiger partial charge < -0.3 is 4.74 Å². The van der Waals surface area contributed by atoms with Crippen LogP contribution in [0.1, 0.15) is 38.5 Å². The molecule has 1 fully saturated rings. The van der Waals surface area contributed by atoms with Crippen molar-refractivity contribution in [2.24, 2.45) is 0 Å². The van der Waals surface area contributed by atoms with Crippen molar-refractivity contribution in [3.05, 3.63) is 0 Å².